The summed E-state index contributed by atoms with van der Waals surface area (Å²) in [5, 5.41) is 3.67. The van der Waals surface area contributed by atoms with Crippen molar-refractivity contribution in [3.8, 4) is 0 Å². The second-order valence-corrected chi connectivity index (χ2v) is 6.00. The summed E-state index contributed by atoms with van der Waals surface area (Å²) in [6.45, 7) is 10.6. The van der Waals surface area contributed by atoms with Gasteiger partial charge < -0.3 is 10.1 Å². The second-order valence-electron chi connectivity index (χ2n) is 6.00. The summed E-state index contributed by atoms with van der Waals surface area (Å²) >= 11 is 0. The zero-order valence-electron chi connectivity index (χ0n) is 13.4. The summed E-state index contributed by atoms with van der Waals surface area (Å²) in [7, 11) is 0. The van der Waals surface area contributed by atoms with Gasteiger partial charge in [-0.1, -0.05) is 25.1 Å². The van der Waals surface area contributed by atoms with Crippen LogP contribution in [0.3, 0.4) is 0 Å². The molecular weight excluding hydrogens is 246 g/mol. The molecule has 0 spiro atoms. The fraction of sp³-hybridized carbons (Fsp3) is 0.667. The maximum atomic E-state index is 6.07. The van der Waals surface area contributed by atoms with Crippen LogP contribution in [-0.2, 0) is 11.2 Å². The average Bonchev–Trinajstić information content (AvgIpc) is 3.24. The van der Waals surface area contributed by atoms with Crippen molar-refractivity contribution in [3.63, 3.8) is 0 Å². The largest absolute Gasteiger partial charge is 0.377 e. The molecule has 0 aromatic heterocycles. The number of aryl methyl sites for hydroxylation is 2. The number of rotatable bonds is 8. The first kappa shape index (κ1) is 15.5. The summed E-state index contributed by atoms with van der Waals surface area (Å²) < 4.78 is 6.07. The lowest BCUT2D eigenvalue weighted by Gasteiger charge is -2.29. The lowest BCUT2D eigenvalue weighted by molar-refractivity contribution is 0.0195. The number of hydrogen-bond acceptors (Lipinski definition) is 2. The fourth-order valence-electron chi connectivity index (χ4n) is 3.16. The van der Waals surface area contributed by atoms with Gasteiger partial charge in [-0.05, 0) is 69.2 Å². The van der Waals surface area contributed by atoms with E-state index in [1.54, 1.807) is 0 Å². The standard InChI is InChI=1S/C18H29NO/c1-5-19-17(18(20-6-2)15-10-11-15)12-16-13(3)8-7-9-14(16)4/h7-9,15,17-19H,5-6,10-12H2,1-4H3. The molecular formula is C18H29NO. The zero-order valence-corrected chi connectivity index (χ0v) is 13.4. The molecule has 1 N–H and O–H groups in total. The van der Waals surface area contributed by atoms with Gasteiger partial charge in [-0.15, -0.1) is 0 Å². The van der Waals surface area contributed by atoms with Gasteiger partial charge in [-0.3, -0.25) is 0 Å². The van der Waals surface area contributed by atoms with E-state index in [4.69, 9.17) is 4.74 Å². The van der Waals surface area contributed by atoms with Crippen molar-refractivity contribution in [2.45, 2.75) is 59.1 Å². The third-order valence-corrected chi connectivity index (χ3v) is 4.38. The van der Waals surface area contributed by atoms with Crippen molar-refractivity contribution in [2.75, 3.05) is 13.2 Å². The van der Waals surface area contributed by atoms with Gasteiger partial charge in [0.25, 0.3) is 0 Å². The predicted octanol–water partition coefficient (Wildman–Crippen LogP) is 3.64. The molecule has 1 aromatic carbocycles. The van der Waals surface area contributed by atoms with E-state index in [1.165, 1.54) is 29.5 Å². The van der Waals surface area contributed by atoms with Crippen LogP contribution in [0.4, 0.5) is 0 Å². The molecule has 0 radical (unpaired) electrons. The van der Waals surface area contributed by atoms with E-state index in [-0.39, 0.29) is 0 Å². The zero-order chi connectivity index (χ0) is 14.5. The fourth-order valence-corrected chi connectivity index (χ4v) is 3.16. The number of nitrogens with one attached hydrogen (secondary N) is 1. The van der Waals surface area contributed by atoms with Gasteiger partial charge in [-0.2, -0.15) is 0 Å². The van der Waals surface area contributed by atoms with Crippen LogP contribution in [-0.4, -0.2) is 25.3 Å². The topological polar surface area (TPSA) is 21.3 Å². The molecule has 2 nitrogen and oxygen atoms in total. The van der Waals surface area contributed by atoms with Gasteiger partial charge in [0.05, 0.1) is 6.10 Å². The SMILES string of the molecule is CCNC(Cc1c(C)cccc1C)C(OCC)C1CC1. The summed E-state index contributed by atoms with van der Waals surface area (Å²) in [6, 6.07) is 7.03. The monoisotopic (exact) mass is 275 g/mol. The van der Waals surface area contributed by atoms with E-state index in [1.807, 2.05) is 0 Å². The first-order valence-electron chi connectivity index (χ1n) is 8.07. The molecule has 1 saturated carbocycles. The van der Waals surface area contributed by atoms with E-state index in [0.717, 1.165) is 25.5 Å². The first-order valence-corrected chi connectivity index (χ1v) is 8.07. The third-order valence-electron chi connectivity index (χ3n) is 4.38. The molecule has 20 heavy (non-hydrogen) atoms. The first-order chi connectivity index (χ1) is 9.67. The maximum absolute atomic E-state index is 6.07. The molecule has 1 aliphatic carbocycles. The molecule has 2 unspecified atom stereocenters. The molecule has 1 fully saturated rings. The van der Waals surface area contributed by atoms with E-state index < -0.39 is 0 Å². The molecule has 1 aromatic rings. The molecule has 0 amide bonds. The number of likely N-dealkylation sites (N-methyl/N-ethyl adjacent to an activating group) is 1. The van der Waals surface area contributed by atoms with Crippen LogP contribution in [0.1, 0.15) is 43.4 Å². The maximum Gasteiger partial charge on any atom is 0.0759 e. The summed E-state index contributed by atoms with van der Waals surface area (Å²) in [6.07, 6.45) is 4.12. The Labute approximate surface area is 123 Å². The lowest BCUT2D eigenvalue weighted by atomic mass is 9.92. The van der Waals surface area contributed by atoms with Crippen molar-refractivity contribution < 1.29 is 4.74 Å². The second kappa shape index (κ2) is 7.24. The Bertz CT molecular complexity index is 405. The Morgan fingerprint density at radius 2 is 1.85 bits per heavy atom. The molecule has 0 heterocycles. The molecule has 1 aliphatic rings. The highest BCUT2D eigenvalue weighted by molar-refractivity contribution is 5.34. The van der Waals surface area contributed by atoms with Crippen molar-refractivity contribution in [3.05, 3.63) is 34.9 Å². The molecule has 112 valence electrons. The predicted molar refractivity (Wildman–Crippen MR) is 85.2 cm³/mol. The molecule has 0 bridgehead atoms. The van der Waals surface area contributed by atoms with E-state index in [9.17, 15) is 0 Å². The molecule has 2 heteroatoms. The van der Waals surface area contributed by atoms with Crippen molar-refractivity contribution in [1.82, 2.24) is 5.32 Å². The molecule has 0 aliphatic heterocycles. The molecule has 2 atom stereocenters. The smallest absolute Gasteiger partial charge is 0.0759 e. The highest BCUT2D eigenvalue weighted by Crippen LogP contribution is 2.36. The molecule has 0 saturated heterocycles. The minimum absolute atomic E-state index is 0.374. The van der Waals surface area contributed by atoms with Crippen molar-refractivity contribution in [2.24, 2.45) is 5.92 Å². The van der Waals surface area contributed by atoms with E-state index >= 15 is 0 Å². The van der Waals surface area contributed by atoms with E-state index in [0.29, 0.717) is 12.1 Å². The highest BCUT2D eigenvalue weighted by Gasteiger charge is 2.37. The Morgan fingerprint density at radius 3 is 2.35 bits per heavy atom. The Balaban J connectivity index is 2.15. The normalized spacial score (nSPS) is 18.0. The van der Waals surface area contributed by atoms with Crippen LogP contribution in [0.2, 0.25) is 0 Å². The Kier molecular flexibility index (Phi) is 5.62. The Morgan fingerprint density at radius 1 is 1.20 bits per heavy atom. The summed E-state index contributed by atoms with van der Waals surface area (Å²) in [4.78, 5) is 0. The van der Waals surface area contributed by atoms with Gasteiger partial charge >= 0.3 is 0 Å². The average molecular weight is 275 g/mol. The highest BCUT2D eigenvalue weighted by atomic mass is 16.5. The van der Waals surface area contributed by atoms with Crippen molar-refractivity contribution >= 4 is 0 Å². The third kappa shape index (κ3) is 3.83. The number of benzene rings is 1. The van der Waals surface area contributed by atoms with Gasteiger partial charge in [0.15, 0.2) is 0 Å². The quantitative estimate of drug-likeness (QED) is 0.782. The van der Waals surface area contributed by atoms with Gasteiger partial charge in [0.2, 0.25) is 0 Å². The summed E-state index contributed by atoms with van der Waals surface area (Å²) in [5.41, 5.74) is 4.29. The lowest BCUT2D eigenvalue weighted by Crippen LogP contribution is -2.44. The van der Waals surface area contributed by atoms with Crippen LogP contribution in [0.5, 0.6) is 0 Å². The van der Waals surface area contributed by atoms with Crippen LogP contribution in [0, 0.1) is 19.8 Å². The van der Waals surface area contributed by atoms with Crippen molar-refractivity contribution in [1.29, 1.82) is 0 Å². The van der Waals surface area contributed by atoms with Gasteiger partial charge in [0.1, 0.15) is 0 Å². The van der Waals surface area contributed by atoms with E-state index in [2.05, 4.69) is 51.2 Å². The Hall–Kier alpha value is -0.860. The number of ether oxygens (including phenoxy) is 1. The number of hydrogen-bond donors (Lipinski definition) is 1. The van der Waals surface area contributed by atoms with Crippen LogP contribution >= 0.6 is 0 Å². The van der Waals surface area contributed by atoms with Gasteiger partial charge in [-0.25, -0.2) is 0 Å². The van der Waals surface area contributed by atoms with Crippen LogP contribution < -0.4 is 5.32 Å². The minimum Gasteiger partial charge on any atom is -0.377 e. The molecule has 2 rings (SSSR count). The minimum atomic E-state index is 0.374. The summed E-state index contributed by atoms with van der Waals surface area (Å²) in [5.74, 6) is 0.767. The van der Waals surface area contributed by atoms with Gasteiger partial charge in [0, 0.05) is 12.6 Å². The van der Waals surface area contributed by atoms with Crippen LogP contribution in [0.25, 0.3) is 0 Å². The van der Waals surface area contributed by atoms with Crippen LogP contribution in [0.15, 0.2) is 18.2 Å².